The Bertz CT molecular complexity index is 705. The lowest BCUT2D eigenvalue weighted by atomic mass is 10.1. The minimum Gasteiger partial charge on any atom is -0.497 e. The number of fused-ring (bicyclic) bond motifs is 1. The van der Waals surface area contributed by atoms with Crippen molar-refractivity contribution in [2.45, 2.75) is 18.9 Å². The van der Waals surface area contributed by atoms with E-state index in [1.807, 2.05) is 24.3 Å². The Morgan fingerprint density at radius 3 is 2.88 bits per heavy atom. The van der Waals surface area contributed by atoms with Crippen molar-refractivity contribution in [1.82, 2.24) is 10.6 Å². The lowest BCUT2D eigenvalue weighted by Gasteiger charge is -2.15. The van der Waals surface area contributed by atoms with E-state index in [2.05, 4.69) is 39.9 Å². The van der Waals surface area contributed by atoms with Crippen LogP contribution in [0.5, 0.6) is 11.5 Å². The first-order valence-electron chi connectivity index (χ1n) is 8.60. The van der Waals surface area contributed by atoms with Gasteiger partial charge >= 0.3 is 0 Å². The minimum atomic E-state index is 0.148. The van der Waals surface area contributed by atoms with Crippen LogP contribution < -0.4 is 20.1 Å². The van der Waals surface area contributed by atoms with Crippen LogP contribution in [0.4, 0.5) is 0 Å². The van der Waals surface area contributed by atoms with E-state index < -0.39 is 0 Å². The van der Waals surface area contributed by atoms with Crippen LogP contribution in [0.1, 0.15) is 11.1 Å². The molecule has 1 atom stereocenters. The molecule has 1 heterocycles. The third kappa shape index (κ3) is 4.66. The molecule has 1 aliphatic rings. The monoisotopic (exact) mass is 339 g/mol. The second kappa shape index (κ2) is 8.42. The van der Waals surface area contributed by atoms with Crippen LogP contribution in [0.25, 0.3) is 0 Å². The molecule has 0 aliphatic carbocycles. The number of benzene rings is 2. The molecule has 132 valence electrons. The fourth-order valence-corrected chi connectivity index (χ4v) is 2.95. The predicted octanol–water partition coefficient (Wildman–Crippen LogP) is 2.41. The highest BCUT2D eigenvalue weighted by atomic mass is 16.5. The molecule has 2 aromatic rings. The smallest absolute Gasteiger partial charge is 0.191 e. The van der Waals surface area contributed by atoms with E-state index in [9.17, 15) is 0 Å². The number of hydrogen-bond donors (Lipinski definition) is 2. The average molecular weight is 339 g/mol. The summed E-state index contributed by atoms with van der Waals surface area (Å²) in [6, 6.07) is 16.3. The largest absolute Gasteiger partial charge is 0.497 e. The Hall–Kier alpha value is -2.69. The molecule has 0 spiro atoms. The maximum Gasteiger partial charge on any atom is 0.191 e. The first-order valence-corrected chi connectivity index (χ1v) is 8.60. The summed E-state index contributed by atoms with van der Waals surface area (Å²) in [6.45, 7) is 1.53. The normalized spacial score (nSPS) is 16.1. The maximum atomic E-state index is 5.94. The zero-order chi connectivity index (χ0) is 17.5. The highest BCUT2D eigenvalue weighted by molar-refractivity contribution is 5.79. The van der Waals surface area contributed by atoms with Crippen LogP contribution in [0.3, 0.4) is 0 Å². The fraction of sp³-hybridized carbons (Fsp3) is 0.350. The number of rotatable bonds is 6. The van der Waals surface area contributed by atoms with Crippen molar-refractivity contribution < 1.29 is 9.47 Å². The van der Waals surface area contributed by atoms with Crippen molar-refractivity contribution >= 4 is 5.96 Å². The molecule has 5 heteroatoms. The van der Waals surface area contributed by atoms with E-state index in [-0.39, 0.29) is 6.10 Å². The molecule has 1 aliphatic heterocycles. The molecule has 0 amide bonds. The minimum absolute atomic E-state index is 0.148. The van der Waals surface area contributed by atoms with E-state index in [0.717, 1.165) is 43.4 Å². The van der Waals surface area contributed by atoms with E-state index >= 15 is 0 Å². The maximum absolute atomic E-state index is 5.94. The Morgan fingerprint density at radius 1 is 1.20 bits per heavy atom. The molecule has 25 heavy (non-hydrogen) atoms. The predicted molar refractivity (Wildman–Crippen MR) is 101 cm³/mol. The van der Waals surface area contributed by atoms with Gasteiger partial charge in [0.25, 0.3) is 0 Å². The molecule has 0 saturated heterocycles. The Balaban J connectivity index is 1.41. The molecule has 0 aromatic heterocycles. The third-order valence-corrected chi connectivity index (χ3v) is 4.27. The first kappa shape index (κ1) is 17.1. The van der Waals surface area contributed by atoms with Gasteiger partial charge in [-0.15, -0.1) is 0 Å². The van der Waals surface area contributed by atoms with Gasteiger partial charge in [0.2, 0.25) is 0 Å². The van der Waals surface area contributed by atoms with Gasteiger partial charge in [0.05, 0.1) is 13.7 Å². The van der Waals surface area contributed by atoms with Crippen molar-refractivity contribution in [3.8, 4) is 11.5 Å². The second-order valence-electron chi connectivity index (χ2n) is 6.03. The number of aliphatic imine (C=N–C) groups is 1. The van der Waals surface area contributed by atoms with Gasteiger partial charge in [-0.1, -0.05) is 30.3 Å². The standard InChI is InChI=1S/C20H25N3O2/c1-21-20(22-11-10-15-6-5-8-17(12-15)24-2)23-14-18-13-16-7-3-4-9-19(16)25-18/h3-9,12,18H,10-11,13-14H2,1-2H3,(H2,21,22,23). The van der Waals surface area contributed by atoms with Gasteiger partial charge in [0.15, 0.2) is 5.96 Å². The highest BCUT2D eigenvalue weighted by Crippen LogP contribution is 2.27. The number of guanidine groups is 1. The summed E-state index contributed by atoms with van der Waals surface area (Å²) < 4.78 is 11.2. The van der Waals surface area contributed by atoms with Crippen LogP contribution in [-0.2, 0) is 12.8 Å². The molecule has 0 bridgehead atoms. The Kier molecular flexibility index (Phi) is 5.77. The topological polar surface area (TPSA) is 54.9 Å². The average Bonchev–Trinajstić information content (AvgIpc) is 3.07. The zero-order valence-electron chi connectivity index (χ0n) is 14.8. The van der Waals surface area contributed by atoms with Gasteiger partial charge in [0.1, 0.15) is 17.6 Å². The molecule has 0 fully saturated rings. The van der Waals surface area contributed by atoms with Crippen LogP contribution in [-0.4, -0.2) is 39.3 Å². The van der Waals surface area contributed by atoms with Crippen LogP contribution in [0.15, 0.2) is 53.5 Å². The summed E-state index contributed by atoms with van der Waals surface area (Å²) in [5.74, 6) is 2.68. The van der Waals surface area contributed by atoms with Gasteiger partial charge in [-0.3, -0.25) is 4.99 Å². The van der Waals surface area contributed by atoms with Gasteiger partial charge in [-0.05, 0) is 35.7 Å². The molecule has 3 rings (SSSR count). The molecular formula is C20H25N3O2. The number of nitrogens with zero attached hydrogens (tertiary/aromatic N) is 1. The SMILES string of the molecule is CN=C(NCCc1cccc(OC)c1)NCC1Cc2ccccc2O1. The highest BCUT2D eigenvalue weighted by Gasteiger charge is 2.22. The van der Waals surface area contributed by atoms with Crippen LogP contribution in [0.2, 0.25) is 0 Å². The van der Waals surface area contributed by atoms with E-state index in [1.54, 1.807) is 14.2 Å². The molecule has 2 aromatic carbocycles. The molecule has 1 unspecified atom stereocenters. The van der Waals surface area contributed by atoms with E-state index in [4.69, 9.17) is 9.47 Å². The van der Waals surface area contributed by atoms with Crippen LogP contribution in [0, 0.1) is 0 Å². The molecule has 5 nitrogen and oxygen atoms in total. The summed E-state index contributed by atoms with van der Waals surface area (Å²) >= 11 is 0. The lowest BCUT2D eigenvalue weighted by molar-refractivity contribution is 0.235. The molecular weight excluding hydrogens is 314 g/mol. The number of ether oxygens (including phenoxy) is 2. The van der Waals surface area contributed by atoms with Gasteiger partial charge in [0, 0.05) is 20.0 Å². The molecule has 0 radical (unpaired) electrons. The van der Waals surface area contributed by atoms with Crippen molar-refractivity contribution in [3.63, 3.8) is 0 Å². The second-order valence-corrected chi connectivity index (χ2v) is 6.03. The summed E-state index contributed by atoms with van der Waals surface area (Å²) in [6.07, 6.45) is 1.99. The third-order valence-electron chi connectivity index (χ3n) is 4.27. The number of para-hydroxylation sites is 1. The zero-order valence-corrected chi connectivity index (χ0v) is 14.8. The number of hydrogen-bond acceptors (Lipinski definition) is 3. The van der Waals surface area contributed by atoms with Crippen molar-refractivity contribution in [1.29, 1.82) is 0 Å². The van der Waals surface area contributed by atoms with Crippen LogP contribution >= 0.6 is 0 Å². The summed E-state index contributed by atoms with van der Waals surface area (Å²) in [4.78, 5) is 4.28. The molecule has 2 N–H and O–H groups in total. The van der Waals surface area contributed by atoms with Gasteiger partial charge in [-0.2, -0.15) is 0 Å². The summed E-state index contributed by atoms with van der Waals surface area (Å²) in [5, 5.41) is 6.69. The van der Waals surface area contributed by atoms with Crippen molar-refractivity contribution in [3.05, 3.63) is 59.7 Å². The number of methoxy groups -OCH3 is 1. The molecule has 0 saturated carbocycles. The van der Waals surface area contributed by atoms with E-state index in [1.165, 1.54) is 11.1 Å². The lowest BCUT2D eigenvalue weighted by Crippen LogP contribution is -2.42. The number of nitrogens with one attached hydrogen (secondary N) is 2. The fourth-order valence-electron chi connectivity index (χ4n) is 2.95. The van der Waals surface area contributed by atoms with Gasteiger partial charge in [-0.25, -0.2) is 0 Å². The van der Waals surface area contributed by atoms with Crippen molar-refractivity contribution in [2.24, 2.45) is 4.99 Å². The van der Waals surface area contributed by atoms with Crippen molar-refractivity contribution in [2.75, 3.05) is 27.2 Å². The van der Waals surface area contributed by atoms with E-state index in [0.29, 0.717) is 0 Å². The van der Waals surface area contributed by atoms with Gasteiger partial charge < -0.3 is 20.1 Å². The Labute approximate surface area is 149 Å². The summed E-state index contributed by atoms with van der Waals surface area (Å²) in [7, 11) is 3.47. The summed E-state index contributed by atoms with van der Waals surface area (Å²) in [5.41, 5.74) is 2.51. The quantitative estimate of drug-likeness (QED) is 0.627. The Morgan fingerprint density at radius 2 is 2.08 bits per heavy atom. The first-order chi connectivity index (χ1) is 12.3.